The third-order valence-electron chi connectivity index (χ3n) is 3.94. The van der Waals surface area contributed by atoms with Gasteiger partial charge in [-0.3, -0.25) is 4.68 Å². The van der Waals surface area contributed by atoms with Crippen molar-refractivity contribution in [1.29, 1.82) is 5.26 Å². The number of rotatable bonds is 2. The van der Waals surface area contributed by atoms with Gasteiger partial charge >= 0.3 is 0 Å². The molecule has 3 N–H and O–H groups in total. The first kappa shape index (κ1) is 14.5. The molecule has 3 heterocycles. The summed E-state index contributed by atoms with van der Waals surface area (Å²) in [5.41, 5.74) is 9.98. The molecule has 1 aliphatic rings. The number of nitrogens with zero attached hydrogens (tertiary/aromatic N) is 4. The molecule has 0 saturated carbocycles. The van der Waals surface area contributed by atoms with Crippen molar-refractivity contribution in [3.05, 3.63) is 29.1 Å². The molecule has 0 bridgehead atoms. The van der Waals surface area contributed by atoms with Crippen molar-refractivity contribution < 1.29 is 0 Å². The van der Waals surface area contributed by atoms with Crippen molar-refractivity contribution in [3.8, 4) is 17.3 Å². The second-order valence-electron chi connectivity index (χ2n) is 5.90. The SMILES string of the molecule is CC(C)c1cc(-c2cc3n(n2)CCCNC3)c(C#N)c(N)n1. The highest BCUT2D eigenvalue weighted by Gasteiger charge is 2.18. The van der Waals surface area contributed by atoms with Crippen molar-refractivity contribution >= 4 is 5.82 Å². The normalized spacial score (nSPS) is 14.5. The molecule has 0 fully saturated rings. The molecule has 1 aliphatic heterocycles. The van der Waals surface area contributed by atoms with Gasteiger partial charge in [0.2, 0.25) is 0 Å². The van der Waals surface area contributed by atoms with Gasteiger partial charge in [0.15, 0.2) is 0 Å². The minimum Gasteiger partial charge on any atom is -0.383 e. The van der Waals surface area contributed by atoms with Crippen molar-refractivity contribution in [2.24, 2.45) is 0 Å². The average molecular weight is 296 g/mol. The maximum Gasteiger partial charge on any atom is 0.142 e. The molecule has 6 nitrogen and oxygen atoms in total. The van der Waals surface area contributed by atoms with E-state index in [0.717, 1.165) is 48.7 Å². The Labute approximate surface area is 130 Å². The van der Waals surface area contributed by atoms with Crippen LogP contribution in [-0.4, -0.2) is 21.3 Å². The topological polar surface area (TPSA) is 92.5 Å². The Morgan fingerprint density at radius 1 is 1.41 bits per heavy atom. The molecule has 0 unspecified atom stereocenters. The lowest BCUT2D eigenvalue weighted by Gasteiger charge is -2.10. The van der Waals surface area contributed by atoms with Gasteiger partial charge in [-0.2, -0.15) is 10.4 Å². The number of nitrogens with two attached hydrogens (primary N) is 1. The quantitative estimate of drug-likeness (QED) is 0.884. The van der Waals surface area contributed by atoms with Gasteiger partial charge in [0.1, 0.15) is 17.5 Å². The fourth-order valence-electron chi connectivity index (χ4n) is 2.69. The Balaban J connectivity index is 2.13. The Morgan fingerprint density at radius 3 is 2.95 bits per heavy atom. The second kappa shape index (κ2) is 5.78. The van der Waals surface area contributed by atoms with E-state index < -0.39 is 0 Å². The lowest BCUT2D eigenvalue weighted by Crippen LogP contribution is -2.11. The summed E-state index contributed by atoms with van der Waals surface area (Å²) in [5, 5.41) is 17.5. The number of aromatic nitrogens is 3. The number of aryl methyl sites for hydroxylation is 1. The van der Waals surface area contributed by atoms with Gasteiger partial charge in [0, 0.05) is 24.3 Å². The van der Waals surface area contributed by atoms with Crippen molar-refractivity contribution in [3.63, 3.8) is 0 Å². The monoisotopic (exact) mass is 296 g/mol. The minimum absolute atomic E-state index is 0.246. The summed E-state index contributed by atoms with van der Waals surface area (Å²) >= 11 is 0. The summed E-state index contributed by atoms with van der Waals surface area (Å²) in [4.78, 5) is 4.33. The van der Waals surface area contributed by atoms with Gasteiger partial charge in [-0.1, -0.05) is 13.8 Å². The number of hydrogen-bond donors (Lipinski definition) is 2. The fourth-order valence-corrected chi connectivity index (χ4v) is 2.69. The van der Waals surface area contributed by atoms with E-state index in [-0.39, 0.29) is 11.7 Å². The summed E-state index contributed by atoms with van der Waals surface area (Å²) in [6, 6.07) is 6.15. The molecular formula is C16H20N6. The first-order valence-corrected chi connectivity index (χ1v) is 7.58. The molecule has 6 heteroatoms. The standard InChI is InChI=1S/C16H20N6/c1-10(2)14-7-12(13(8-17)16(18)20-14)15-6-11-9-19-4-3-5-22(11)21-15/h6-7,10,19H,3-5,9H2,1-2H3,(H2,18,20). The molecule has 2 aromatic heterocycles. The largest absolute Gasteiger partial charge is 0.383 e. The van der Waals surface area contributed by atoms with Crippen LogP contribution < -0.4 is 11.1 Å². The van der Waals surface area contributed by atoms with Crippen LogP contribution in [0.2, 0.25) is 0 Å². The zero-order valence-corrected chi connectivity index (χ0v) is 12.9. The predicted octanol–water partition coefficient (Wildman–Crippen LogP) is 2.02. The van der Waals surface area contributed by atoms with Crippen molar-refractivity contribution in [2.45, 2.75) is 39.3 Å². The number of nitrogen functional groups attached to an aromatic ring is 1. The Morgan fingerprint density at radius 2 is 2.23 bits per heavy atom. The number of anilines is 1. The molecule has 3 rings (SSSR count). The zero-order chi connectivity index (χ0) is 15.7. The second-order valence-corrected chi connectivity index (χ2v) is 5.90. The van der Waals surface area contributed by atoms with Crippen LogP contribution in [0.5, 0.6) is 0 Å². The summed E-state index contributed by atoms with van der Waals surface area (Å²) in [6.45, 7) is 6.81. The van der Waals surface area contributed by atoms with E-state index in [1.807, 2.05) is 16.8 Å². The summed E-state index contributed by atoms with van der Waals surface area (Å²) in [7, 11) is 0. The lowest BCUT2D eigenvalue weighted by atomic mass is 10.0. The van der Waals surface area contributed by atoms with Crippen molar-refractivity contribution in [2.75, 3.05) is 12.3 Å². The van der Waals surface area contributed by atoms with Gasteiger partial charge in [0.25, 0.3) is 0 Å². The lowest BCUT2D eigenvalue weighted by molar-refractivity contribution is 0.589. The minimum atomic E-state index is 0.246. The molecule has 0 radical (unpaired) electrons. The molecule has 2 aromatic rings. The van der Waals surface area contributed by atoms with Gasteiger partial charge in [-0.25, -0.2) is 4.98 Å². The van der Waals surface area contributed by atoms with Gasteiger partial charge in [0.05, 0.1) is 11.4 Å². The van der Waals surface area contributed by atoms with Crippen LogP contribution in [0.3, 0.4) is 0 Å². The van der Waals surface area contributed by atoms with Crippen LogP contribution in [0.4, 0.5) is 5.82 Å². The van der Waals surface area contributed by atoms with Crippen LogP contribution in [0.15, 0.2) is 12.1 Å². The third-order valence-corrected chi connectivity index (χ3v) is 3.94. The molecule has 114 valence electrons. The van der Waals surface area contributed by atoms with Gasteiger partial charge in [-0.15, -0.1) is 0 Å². The van der Waals surface area contributed by atoms with E-state index in [0.29, 0.717) is 5.56 Å². The predicted molar refractivity (Wildman–Crippen MR) is 85.0 cm³/mol. The molecule has 0 spiro atoms. The average Bonchev–Trinajstić information content (AvgIpc) is 2.77. The smallest absolute Gasteiger partial charge is 0.142 e. The van der Waals surface area contributed by atoms with Crippen LogP contribution in [0.1, 0.15) is 43.1 Å². The molecule has 0 atom stereocenters. The number of nitriles is 1. The Hall–Kier alpha value is -2.39. The van der Waals surface area contributed by atoms with Gasteiger partial charge < -0.3 is 11.1 Å². The number of pyridine rings is 1. The fraction of sp³-hybridized carbons (Fsp3) is 0.438. The molecule has 0 amide bonds. The van der Waals surface area contributed by atoms with E-state index in [1.54, 1.807) is 0 Å². The van der Waals surface area contributed by atoms with E-state index in [2.05, 4.69) is 35.3 Å². The molecule has 0 aromatic carbocycles. The Kier molecular flexibility index (Phi) is 3.82. The summed E-state index contributed by atoms with van der Waals surface area (Å²) in [6.07, 6.45) is 1.05. The molecule has 22 heavy (non-hydrogen) atoms. The number of fused-ring (bicyclic) bond motifs is 1. The summed E-state index contributed by atoms with van der Waals surface area (Å²) in [5.74, 6) is 0.529. The highest BCUT2D eigenvalue weighted by molar-refractivity contribution is 5.73. The van der Waals surface area contributed by atoms with Gasteiger partial charge in [-0.05, 0) is 31.0 Å². The molecular weight excluding hydrogens is 276 g/mol. The summed E-state index contributed by atoms with van der Waals surface area (Å²) < 4.78 is 2.02. The van der Waals surface area contributed by atoms with E-state index >= 15 is 0 Å². The number of hydrogen-bond acceptors (Lipinski definition) is 5. The zero-order valence-electron chi connectivity index (χ0n) is 12.9. The maximum absolute atomic E-state index is 9.42. The molecule has 0 saturated heterocycles. The first-order chi connectivity index (χ1) is 10.6. The highest BCUT2D eigenvalue weighted by atomic mass is 15.3. The van der Waals surface area contributed by atoms with Crippen LogP contribution in [0.25, 0.3) is 11.3 Å². The third kappa shape index (κ3) is 2.55. The van der Waals surface area contributed by atoms with Crippen LogP contribution in [-0.2, 0) is 13.1 Å². The number of nitrogens with one attached hydrogen (secondary N) is 1. The van der Waals surface area contributed by atoms with Crippen molar-refractivity contribution in [1.82, 2.24) is 20.1 Å². The molecule has 0 aliphatic carbocycles. The van der Waals surface area contributed by atoms with E-state index in [9.17, 15) is 5.26 Å². The van der Waals surface area contributed by atoms with E-state index in [1.165, 1.54) is 0 Å². The van der Waals surface area contributed by atoms with Crippen LogP contribution in [0, 0.1) is 11.3 Å². The first-order valence-electron chi connectivity index (χ1n) is 7.58. The van der Waals surface area contributed by atoms with E-state index in [4.69, 9.17) is 5.73 Å². The van der Waals surface area contributed by atoms with Crippen LogP contribution >= 0.6 is 0 Å². The highest BCUT2D eigenvalue weighted by Crippen LogP contribution is 2.29. The maximum atomic E-state index is 9.42. The Bertz CT molecular complexity index is 714.